The molecule has 8 nitrogen and oxygen atoms in total. The van der Waals surface area contributed by atoms with Crippen molar-refractivity contribution < 1.29 is 14.3 Å². The molecule has 0 spiro atoms. The molecular weight excluding hydrogens is 370 g/mol. The second-order valence-electron chi connectivity index (χ2n) is 7.54. The van der Waals surface area contributed by atoms with Crippen LogP contribution in [0.15, 0.2) is 42.7 Å². The minimum absolute atomic E-state index is 0.00590. The normalized spacial score (nSPS) is 20.3. The van der Waals surface area contributed by atoms with Crippen molar-refractivity contribution in [3.63, 3.8) is 0 Å². The Morgan fingerprint density at radius 3 is 2.55 bits per heavy atom. The van der Waals surface area contributed by atoms with E-state index in [4.69, 9.17) is 4.74 Å². The van der Waals surface area contributed by atoms with Crippen LogP contribution in [0.2, 0.25) is 0 Å². The minimum Gasteiger partial charge on any atom is -0.497 e. The molecule has 0 saturated carbocycles. The summed E-state index contributed by atoms with van der Waals surface area (Å²) in [7, 11) is 1.61. The summed E-state index contributed by atoms with van der Waals surface area (Å²) in [5.41, 5.74) is 0.814. The fraction of sp³-hybridized carbons (Fsp3) is 0.476. The number of hydrogen-bond acceptors (Lipinski definition) is 5. The zero-order valence-corrected chi connectivity index (χ0v) is 16.7. The summed E-state index contributed by atoms with van der Waals surface area (Å²) >= 11 is 0. The van der Waals surface area contributed by atoms with Gasteiger partial charge in [-0.05, 0) is 30.3 Å². The number of rotatable bonds is 6. The highest BCUT2D eigenvalue weighted by atomic mass is 16.5. The predicted octanol–water partition coefficient (Wildman–Crippen LogP) is 1.09. The van der Waals surface area contributed by atoms with Crippen LogP contribution in [0.25, 0.3) is 0 Å². The van der Waals surface area contributed by atoms with Gasteiger partial charge in [0.1, 0.15) is 5.75 Å². The van der Waals surface area contributed by atoms with Crippen LogP contribution >= 0.6 is 0 Å². The molecule has 2 aliphatic heterocycles. The lowest BCUT2D eigenvalue weighted by Gasteiger charge is -2.35. The molecule has 0 aliphatic carbocycles. The van der Waals surface area contributed by atoms with Crippen LogP contribution in [0.3, 0.4) is 0 Å². The zero-order chi connectivity index (χ0) is 20.2. The molecule has 1 atom stereocenters. The summed E-state index contributed by atoms with van der Waals surface area (Å²) in [5, 5.41) is 4.23. The van der Waals surface area contributed by atoms with E-state index in [1.165, 1.54) is 0 Å². The Morgan fingerprint density at radius 1 is 1.14 bits per heavy atom. The van der Waals surface area contributed by atoms with Crippen molar-refractivity contribution in [2.45, 2.75) is 13.0 Å². The van der Waals surface area contributed by atoms with Crippen LogP contribution in [0.5, 0.6) is 5.75 Å². The predicted molar refractivity (Wildman–Crippen MR) is 109 cm³/mol. The number of carbonyl (C=O) groups is 2. The molecule has 2 amide bonds. The Balaban J connectivity index is 1.28. The average Bonchev–Trinajstić information content (AvgIpc) is 3.42. The van der Waals surface area contributed by atoms with Gasteiger partial charge in [-0.1, -0.05) is 0 Å². The fourth-order valence-electron chi connectivity index (χ4n) is 4.01. The minimum atomic E-state index is -0.264. The van der Waals surface area contributed by atoms with Crippen molar-refractivity contribution in [1.82, 2.24) is 19.6 Å². The number of hydrogen-bond donors (Lipinski definition) is 0. The molecule has 8 heteroatoms. The van der Waals surface area contributed by atoms with Gasteiger partial charge in [-0.3, -0.25) is 19.2 Å². The molecule has 2 aromatic rings. The van der Waals surface area contributed by atoms with E-state index in [0.29, 0.717) is 19.6 Å². The third-order valence-corrected chi connectivity index (χ3v) is 5.75. The highest BCUT2D eigenvalue weighted by Crippen LogP contribution is 2.28. The Morgan fingerprint density at radius 2 is 1.90 bits per heavy atom. The maximum atomic E-state index is 13.0. The number of amides is 2. The van der Waals surface area contributed by atoms with Gasteiger partial charge < -0.3 is 14.5 Å². The molecule has 0 N–H and O–H groups in total. The summed E-state index contributed by atoms with van der Waals surface area (Å²) < 4.78 is 7.10. The molecule has 3 heterocycles. The van der Waals surface area contributed by atoms with Gasteiger partial charge in [0.05, 0.1) is 19.6 Å². The second-order valence-corrected chi connectivity index (χ2v) is 7.54. The van der Waals surface area contributed by atoms with Gasteiger partial charge >= 0.3 is 0 Å². The van der Waals surface area contributed by atoms with Crippen LogP contribution in [-0.4, -0.2) is 77.8 Å². The van der Waals surface area contributed by atoms with E-state index >= 15 is 0 Å². The quantitative estimate of drug-likeness (QED) is 0.730. The van der Waals surface area contributed by atoms with E-state index in [0.717, 1.165) is 37.6 Å². The van der Waals surface area contributed by atoms with Gasteiger partial charge in [-0.25, -0.2) is 0 Å². The summed E-state index contributed by atoms with van der Waals surface area (Å²) in [5.74, 6) is 0.589. The third kappa shape index (κ3) is 4.42. The van der Waals surface area contributed by atoms with Gasteiger partial charge in [0.25, 0.3) is 0 Å². The van der Waals surface area contributed by atoms with Gasteiger partial charge in [0.15, 0.2) is 0 Å². The monoisotopic (exact) mass is 397 g/mol. The van der Waals surface area contributed by atoms with Gasteiger partial charge in [0, 0.05) is 63.8 Å². The molecule has 1 aromatic carbocycles. The van der Waals surface area contributed by atoms with Gasteiger partial charge in [0.2, 0.25) is 11.8 Å². The topological polar surface area (TPSA) is 70.9 Å². The van der Waals surface area contributed by atoms with E-state index in [-0.39, 0.29) is 24.2 Å². The number of ether oxygens (including phenoxy) is 1. The molecule has 0 radical (unpaired) electrons. The summed E-state index contributed by atoms with van der Waals surface area (Å²) in [6.45, 7) is 5.37. The molecule has 154 valence electrons. The molecule has 29 heavy (non-hydrogen) atoms. The summed E-state index contributed by atoms with van der Waals surface area (Å²) in [4.78, 5) is 31.4. The van der Waals surface area contributed by atoms with E-state index in [1.54, 1.807) is 18.2 Å². The van der Waals surface area contributed by atoms with Crippen LogP contribution in [0, 0.1) is 5.92 Å². The first-order valence-electron chi connectivity index (χ1n) is 10.1. The first-order chi connectivity index (χ1) is 14.1. The largest absolute Gasteiger partial charge is 0.497 e. The van der Waals surface area contributed by atoms with Gasteiger partial charge in [-0.15, -0.1) is 0 Å². The number of piperazine rings is 1. The van der Waals surface area contributed by atoms with Crippen molar-refractivity contribution in [2.24, 2.45) is 5.92 Å². The van der Waals surface area contributed by atoms with E-state index in [2.05, 4.69) is 10.00 Å². The number of benzene rings is 1. The Hall–Kier alpha value is -2.87. The van der Waals surface area contributed by atoms with E-state index < -0.39 is 0 Å². The average molecular weight is 397 g/mol. The molecule has 2 fully saturated rings. The Labute approximate surface area is 170 Å². The smallest absolute Gasteiger partial charge is 0.228 e. The second kappa shape index (κ2) is 8.65. The fourth-order valence-corrected chi connectivity index (χ4v) is 4.01. The molecule has 4 rings (SSSR count). The van der Waals surface area contributed by atoms with Crippen LogP contribution < -0.4 is 9.64 Å². The van der Waals surface area contributed by atoms with Crippen molar-refractivity contribution in [1.29, 1.82) is 0 Å². The lowest BCUT2D eigenvalue weighted by atomic mass is 10.1. The van der Waals surface area contributed by atoms with Crippen LogP contribution in [-0.2, 0) is 16.1 Å². The Bertz CT molecular complexity index is 829. The number of carbonyl (C=O) groups excluding carboxylic acids is 2. The number of nitrogens with zero attached hydrogens (tertiary/aromatic N) is 5. The van der Waals surface area contributed by atoms with E-state index in [9.17, 15) is 9.59 Å². The first kappa shape index (κ1) is 19.4. The first-order valence-corrected chi connectivity index (χ1v) is 10.1. The highest BCUT2D eigenvalue weighted by Gasteiger charge is 2.37. The molecule has 0 bridgehead atoms. The van der Waals surface area contributed by atoms with Crippen molar-refractivity contribution in [3.8, 4) is 5.75 Å². The molecule has 2 saturated heterocycles. The summed E-state index contributed by atoms with van der Waals surface area (Å²) in [6.07, 6.45) is 4.03. The van der Waals surface area contributed by atoms with Crippen molar-refractivity contribution in [3.05, 3.63) is 42.7 Å². The van der Waals surface area contributed by atoms with Crippen LogP contribution in [0.1, 0.15) is 6.42 Å². The van der Waals surface area contributed by atoms with Crippen molar-refractivity contribution in [2.75, 3.05) is 51.3 Å². The van der Waals surface area contributed by atoms with Crippen molar-refractivity contribution >= 4 is 17.5 Å². The standard InChI is InChI=1S/C21H27N5O3/c1-29-19-5-3-18(4-6-19)26-16-17(15-20(26)27)21(28)24-12-9-23(10-13-24)11-14-25-8-2-7-22-25/h2-8,17H,9-16H2,1H3. The summed E-state index contributed by atoms with van der Waals surface area (Å²) in [6, 6.07) is 9.32. The number of methoxy groups -OCH3 is 1. The highest BCUT2D eigenvalue weighted by molar-refractivity contribution is 6.00. The molecule has 1 aromatic heterocycles. The molecule has 2 aliphatic rings. The number of anilines is 1. The van der Waals surface area contributed by atoms with Crippen LogP contribution in [0.4, 0.5) is 5.69 Å². The lowest BCUT2D eigenvalue weighted by molar-refractivity contribution is -0.137. The molecular formula is C21H27N5O3. The lowest BCUT2D eigenvalue weighted by Crippen LogP contribution is -2.51. The van der Waals surface area contributed by atoms with Gasteiger partial charge in [-0.2, -0.15) is 5.10 Å². The molecule has 1 unspecified atom stereocenters. The van der Waals surface area contributed by atoms with E-state index in [1.807, 2.05) is 46.1 Å². The Kier molecular flexibility index (Phi) is 5.80. The zero-order valence-electron chi connectivity index (χ0n) is 16.7. The third-order valence-electron chi connectivity index (χ3n) is 5.75. The maximum Gasteiger partial charge on any atom is 0.228 e. The SMILES string of the molecule is COc1ccc(N2CC(C(=O)N3CCN(CCn4cccn4)CC3)CC2=O)cc1. The maximum absolute atomic E-state index is 13.0. The number of aromatic nitrogens is 2.